The Morgan fingerprint density at radius 3 is 1.48 bits per heavy atom. The predicted molar refractivity (Wildman–Crippen MR) is 261 cm³/mol. The van der Waals surface area contributed by atoms with E-state index in [-0.39, 0.29) is 5.41 Å². The van der Waals surface area contributed by atoms with E-state index in [4.69, 9.17) is 0 Å². The van der Waals surface area contributed by atoms with Crippen LogP contribution >= 0.6 is 0 Å². The number of fused-ring (bicyclic) bond motifs is 6. The van der Waals surface area contributed by atoms with Gasteiger partial charge < -0.3 is 9.47 Å². The number of hydrogen-bond donors (Lipinski definition) is 0. The zero-order valence-corrected chi connectivity index (χ0v) is 34.6. The van der Waals surface area contributed by atoms with Crippen LogP contribution in [0.15, 0.2) is 232 Å². The van der Waals surface area contributed by atoms with Gasteiger partial charge in [-0.15, -0.1) is 13.2 Å². The smallest absolute Gasteiger partial charge is 0.0541 e. The number of anilines is 3. The second kappa shape index (κ2) is 15.5. The number of hydrogen-bond acceptors (Lipinski definition) is 1. The Balaban J connectivity index is 0.00000220. The Hall–Kier alpha value is -7.68. The van der Waals surface area contributed by atoms with Crippen molar-refractivity contribution >= 4 is 38.9 Å². The molecule has 0 N–H and O–H groups in total. The number of aromatic nitrogens is 1. The third kappa shape index (κ3) is 6.54. The first-order chi connectivity index (χ1) is 30.0. The molecule has 0 spiro atoms. The van der Waals surface area contributed by atoms with E-state index in [0.29, 0.717) is 0 Å². The van der Waals surface area contributed by atoms with Crippen LogP contribution in [0.25, 0.3) is 72.0 Å². The van der Waals surface area contributed by atoms with E-state index in [0.717, 1.165) is 17.1 Å². The van der Waals surface area contributed by atoms with E-state index in [1.165, 1.54) is 83.1 Å². The summed E-state index contributed by atoms with van der Waals surface area (Å²) in [5, 5.41) is 2.51. The largest absolute Gasteiger partial charge is 0.310 e. The fourth-order valence-electron chi connectivity index (χ4n) is 9.38. The third-order valence-corrected chi connectivity index (χ3v) is 12.4. The molecule has 0 aliphatic heterocycles. The van der Waals surface area contributed by atoms with Gasteiger partial charge in [-0.1, -0.05) is 166 Å². The summed E-state index contributed by atoms with van der Waals surface area (Å²) in [6.07, 6.45) is 0. The fourth-order valence-corrected chi connectivity index (χ4v) is 9.38. The Kier molecular flexibility index (Phi) is 9.54. The average Bonchev–Trinajstić information content (AvgIpc) is 3.78. The van der Waals surface area contributed by atoms with Crippen molar-refractivity contribution in [3.8, 4) is 50.2 Å². The van der Waals surface area contributed by atoms with Crippen molar-refractivity contribution in [2.75, 3.05) is 4.90 Å². The molecule has 61 heavy (non-hydrogen) atoms. The molecule has 1 heterocycles. The third-order valence-electron chi connectivity index (χ3n) is 12.4. The van der Waals surface area contributed by atoms with Crippen molar-refractivity contribution in [1.29, 1.82) is 0 Å². The Morgan fingerprint density at radius 2 is 0.820 bits per heavy atom. The van der Waals surface area contributed by atoms with Crippen molar-refractivity contribution in [3.63, 3.8) is 0 Å². The second-order valence-electron chi connectivity index (χ2n) is 16.2. The average molecular weight is 783 g/mol. The van der Waals surface area contributed by atoms with Crippen LogP contribution in [0.4, 0.5) is 17.1 Å². The van der Waals surface area contributed by atoms with Crippen molar-refractivity contribution in [2.24, 2.45) is 0 Å². The summed E-state index contributed by atoms with van der Waals surface area (Å²) < 4.78 is 2.37. The molecule has 0 radical (unpaired) electrons. The molecule has 9 aromatic carbocycles. The summed E-state index contributed by atoms with van der Waals surface area (Å²) in [5.41, 5.74) is 19.5. The molecule has 0 atom stereocenters. The van der Waals surface area contributed by atoms with Crippen molar-refractivity contribution in [3.05, 3.63) is 243 Å². The van der Waals surface area contributed by atoms with E-state index >= 15 is 0 Å². The van der Waals surface area contributed by atoms with Gasteiger partial charge in [-0.25, -0.2) is 0 Å². The molecule has 2 heteroatoms. The van der Waals surface area contributed by atoms with Crippen LogP contribution in [0, 0.1) is 0 Å². The first-order valence-electron chi connectivity index (χ1n) is 21.0. The molecule has 11 rings (SSSR count). The lowest BCUT2D eigenvalue weighted by Gasteiger charge is -2.28. The van der Waals surface area contributed by atoms with Crippen LogP contribution in [0.3, 0.4) is 0 Å². The number of nitrogens with zero attached hydrogens (tertiary/aromatic N) is 2. The standard InChI is InChI=1S/C57H42N2.C2H4/c1-57(2)53-19-11-9-17-49(53)50-35-34-48(38-54(50)57)58(46-30-25-42(26-31-46)41-23-21-40(22-24-41)39-13-5-3-6-14-39)47-32-27-43(28-33-47)44-29-36-56-52(37-44)51-18-10-12-20-55(51)59(56)45-15-7-4-8-16-45;1-2/h3-38H,1-2H3;1-2H2. The lowest BCUT2D eigenvalue weighted by molar-refractivity contribution is 0.660. The molecule has 0 unspecified atom stereocenters. The van der Waals surface area contributed by atoms with Crippen LogP contribution < -0.4 is 4.90 Å². The maximum Gasteiger partial charge on any atom is 0.0541 e. The van der Waals surface area contributed by atoms with Crippen LogP contribution in [-0.2, 0) is 5.41 Å². The van der Waals surface area contributed by atoms with Gasteiger partial charge in [0, 0.05) is 38.9 Å². The summed E-state index contributed by atoms with van der Waals surface area (Å²) in [5.74, 6) is 0. The normalized spacial score (nSPS) is 12.4. The number of rotatable bonds is 7. The monoisotopic (exact) mass is 782 g/mol. The SMILES string of the molecule is C=C.CC1(C)c2ccccc2-c2ccc(N(c3ccc(-c4ccc(-c5ccccc5)cc4)cc3)c3ccc(-c4ccc5c(c4)c4ccccc4n5-c4ccccc4)cc3)cc21. The van der Waals surface area contributed by atoms with Crippen LogP contribution in [0.5, 0.6) is 0 Å². The quantitative estimate of drug-likeness (QED) is 0.146. The van der Waals surface area contributed by atoms with Crippen molar-refractivity contribution in [1.82, 2.24) is 4.57 Å². The topological polar surface area (TPSA) is 8.17 Å². The van der Waals surface area contributed by atoms with Crippen LogP contribution in [0.1, 0.15) is 25.0 Å². The maximum absolute atomic E-state index is 3.00. The van der Waals surface area contributed by atoms with Crippen LogP contribution in [0.2, 0.25) is 0 Å². The van der Waals surface area contributed by atoms with E-state index in [2.05, 4.69) is 255 Å². The molecule has 0 saturated heterocycles. The molecule has 0 fully saturated rings. The highest BCUT2D eigenvalue weighted by atomic mass is 15.1. The first kappa shape index (κ1) is 37.6. The van der Waals surface area contributed by atoms with Gasteiger partial charge in [0.2, 0.25) is 0 Å². The van der Waals surface area contributed by atoms with Gasteiger partial charge in [0.05, 0.1) is 11.0 Å². The Bertz CT molecular complexity index is 3160. The summed E-state index contributed by atoms with van der Waals surface area (Å²) in [6.45, 7) is 10.7. The lowest BCUT2D eigenvalue weighted by Crippen LogP contribution is -2.16. The molecule has 10 aromatic rings. The van der Waals surface area contributed by atoms with Gasteiger partial charge >= 0.3 is 0 Å². The van der Waals surface area contributed by atoms with E-state index in [9.17, 15) is 0 Å². The van der Waals surface area contributed by atoms with Crippen molar-refractivity contribution in [2.45, 2.75) is 19.3 Å². The molecule has 2 nitrogen and oxygen atoms in total. The second-order valence-corrected chi connectivity index (χ2v) is 16.2. The molecule has 1 aliphatic carbocycles. The maximum atomic E-state index is 3.00. The molecule has 1 aliphatic rings. The van der Waals surface area contributed by atoms with E-state index < -0.39 is 0 Å². The highest BCUT2D eigenvalue weighted by Crippen LogP contribution is 2.50. The highest BCUT2D eigenvalue weighted by Gasteiger charge is 2.35. The lowest BCUT2D eigenvalue weighted by atomic mass is 9.82. The highest BCUT2D eigenvalue weighted by molar-refractivity contribution is 6.10. The molecular weight excluding hydrogens is 737 g/mol. The minimum atomic E-state index is -0.102. The van der Waals surface area contributed by atoms with Gasteiger partial charge in [0.1, 0.15) is 0 Å². The van der Waals surface area contributed by atoms with Crippen LogP contribution in [-0.4, -0.2) is 4.57 Å². The molecule has 0 saturated carbocycles. The summed E-state index contributed by atoms with van der Waals surface area (Å²) in [7, 11) is 0. The zero-order chi connectivity index (χ0) is 41.5. The molecule has 1 aromatic heterocycles. The Labute approximate surface area is 359 Å². The summed E-state index contributed by atoms with van der Waals surface area (Å²) in [6, 6.07) is 79.8. The van der Waals surface area contributed by atoms with Crippen molar-refractivity contribution < 1.29 is 0 Å². The van der Waals surface area contributed by atoms with Gasteiger partial charge in [-0.05, 0) is 122 Å². The minimum absolute atomic E-state index is 0.102. The molecular formula is C59H46N2. The van der Waals surface area contributed by atoms with Gasteiger partial charge in [0.25, 0.3) is 0 Å². The first-order valence-corrected chi connectivity index (χ1v) is 21.0. The Morgan fingerprint density at radius 1 is 0.361 bits per heavy atom. The summed E-state index contributed by atoms with van der Waals surface area (Å²) in [4.78, 5) is 2.40. The van der Waals surface area contributed by atoms with Gasteiger partial charge in [-0.3, -0.25) is 0 Å². The number of para-hydroxylation sites is 2. The minimum Gasteiger partial charge on any atom is -0.310 e. The molecule has 0 bridgehead atoms. The number of benzene rings is 9. The van der Waals surface area contributed by atoms with E-state index in [1.54, 1.807) is 0 Å². The van der Waals surface area contributed by atoms with E-state index in [1.807, 2.05) is 0 Å². The fraction of sp³-hybridized carbons (Fsp3) is 0.0508. The zero-order valence-electron chi connectivity index (χ0n) is 34.6. The molecule has 292 valence electrons. The molecule has 0 amide bonds. The van der Waals surface area contributed by atoms with Gasteiger partial charge in [0.15, 0.2) is 0 Å². The van der Waals surface area contributed by atoms with Gasteiger partial charge in [-0.2, -0.15) is 0 Å². The summed E-state index contributed by atoms with van der Waals surface area (Å²) >= 11 is 0. The predicted octanol–water partition coefficient (Wildman–Crippen LogP) is 16.4.